The second-order valence-corrected chi connectivity index (χ2v) is 4.16. The smallest absolute Gasteiger partial charge is 0.395 e. The largest absolute Gasteiger partial charge is 0.475 e. The summed E-state index contributed by atoms with van der Waals surface area (Å²) in [5, 5.41) is 29.0. The van der Waals surface area contributed by atoms with Gasteiger partial charge in [-0.2, -0.15) is 0 Å². The molecule has 0 saturated heterocycles. The number of aliphatic hydroxyl groups is 2. The van der Waals surface area contributed by atoms with Crippen molar-refractivity contribution in [3.63, 3.8) is 0 Å². The molecule has 0 bridgehead atoms. The first kappa shape index (κ1) is 14.8. The molecule has 0 heterocycles. The van der Waals surface area contributed by atoms with Crippen LogP contribution < -0.4 is 0 Å². The summed E-state index contributed by atoms with van der Waals surface area (Å²) < 4.78 is -0.472. The molecule has 0 aromatic carbocycles. The predicted octanol–water partition coefficient (Wildman–Crippen LogP) is 0.307. The van der Waals surface area contributed by atoms with Crippen LogP contribution in [0.25, 0.3) is 0 Å². The van der Waals surface area contributed by atoms with Crippen LogP contribution in [-0.4, -0.2) is 51.8 Å². The summed E-state index contributed by atoms with van der Waals surface area (Å²) in [4.78, 5) is 11.1. The van der Waals surface area contributed by atoms with Gasteiger partial charge < -0.3 is 15.3 Å². The van der Waals surface area contributed by atoms with Crippen LogP contribution in [0.15, 0.2) is 25.3 Å². The number of hydrogen-bond acceptors (Lipinski definition) is 3. The molecule has 0 amide bonds. The molecule has 5 heteroatoms. The van der Waals surface area contributed by atoms with Crippen molar-refractivity contribution < 1.29 is 24.6 Å². The van der Waals surface area contributed by atoms with Crippen molar-refractivity contribution in [2.45, 2.75) is 24.8 Å². The van der Waals surface area contributed by atoms with Crippen molar-refractivity contribution in [1.29, 1.82) is 0 Å². The van der Waals surface area contributed by atoms with E-state index in [0.717, 1.165) is 0 Å². The molecule has 0 spiro atoms. The number of carboxylic acid groups (broad SMARTS) is 1. The Labute approximate surface area is 95.5 Å². The van der Waals surface area contributed by atoms with Crippen LogP contribution >= 0.6 is 0 Å². The van der Waals surface area contributed by atoms with Crippen LogP contribution in [0.5, 0.6) is 0 Å². The van der Waals surface area contributed by atoms with Gasteiger partial charge in [0.15, 0.2) is 6.23 Å². The Morgan fingerprint density at radius 1 is 1.44 bits per heavy atom. The number of rotatable bonds is 7. The fraction of sp³-hybridized carbons (Fsp3) is 0.545. The summed E-state index contributed by atoms with van der Waals surface area (Å²) in [7, 11) is 2.90. The molecule has 0 aliphatic rings. The number of aliphatic carboxylic acids is 1. The minimum Gasteiger partial charge on any atom is -0.475 e. The van der Waals surface area contributed by atoms with E-state index < -0.39 is 22.4 Å². The zero-order chi connectivity index (χ0) is 13.0. The molecule has 0 aliphatic heterocycles. The minimum absolute atomic E-state index is 0.149. The van der Waals surface area contributed by atoms with Crippen molar-refractivity contribution >= 4 is 5.97 Å². The second kappa shape index (κ2) is 5.25. The molecule has 0 fully saturated rings. The number of aliphatic hydroxyl groups excluding tert-OH is 1. The lowest BCUT2D eigenvalue weighted by molar-refractivity contribution is -0.995. The number of nitrogens with zero attached hydrogens (tertiary/aromatic N) is 1. The summed E-state index contributed by atoms with van der Waals surface area (Å²) in [6.45, 7) is 6.88. The lowest BCUT2D eigenvalue weighted by atomic mass is 10.0. The summed E-state index contributed by atoms with van der Waals surface area (Å²) in [5.74, 6) is -1.39. The zero-order valence-corrected chi connectivity index (χ0v) is 9.76. The van der Waals surface area contributed by atoms with Crippen molar-refractivity contribution in [2.75, 3.05) is 14.1 Å². The molecule has 0 rings (SSSR count). The fourth-order valence-corrected chi connectivity index (χ4v) is 1.43. The van der Waals surface area contributed by atoms with Gasteiger partial charge in [0.1, 0.15) is 0 Å². The third-order valence-corrected chi connectivity index (χ3v) is 2.85. The van der Waals surface area contributed by atoms with Gasteiger partial charge in [0.25, 0.3) is 0 Å². The number of carboxylic acids is 1. The van der Waals surface area contributed by atoms with Gasteiger partial charge in [-0.05, 0) is 0 Å². The molecule has 3 N–H and O–H groups in total. The summed E-state index contributed by atoms with van der Waals surface area (Å²) >= 11 is 0. The number of likely N-dealkylation sites (N-methyl/N-ethyl adjacent to an activating group) is 1. The average Bonchev–Trinajstić information content (AvgIpc) is 2.17. The van der Waals surface area contributed by atoms with Gasteiger partial charge in [0.2, 0.25) is 0 Å². The van der Waals surface area contributed by atoms with E-state index in [9.17, 15) is 15.0 Å². The maximum atomic E-state index is 11.1. The van der Waals surface area contributed by atoms with E-state index in [2.05, 4.69) is 13.2 Å². The quantitative estimate of drug-likeness (QED) is 0.334. The average molecular weight is 230 g/mol. The monoisotopic (exact) mass is 230 g/mol. The fourth-order valence-electron chi connectivity index (χ4n) is 1.43. The van der Waals surface area contributed by atoms with Gasteiger partial charge in [-0.25, -0.2) is 4.79 Å². The Morgan fingerprint density at radius 3 is 2.25 bits per heavy atom. The first-order valence-corrected chi connectivity index (χ1v) is 4.93. The number of carbonyl (C=O) groups is 1. The minimum atomic E-state index is -2.09. The third-order valence-electron chi connectivity index (χ3n) is 2.85. The molecular weight excluding hydrogens is 210 g/mol. The zero-order valence-electron chi connectivity index (χ0n) is 9.76. The molecule has 92 valence electrons. The maximum Gasteiger partial charge on any atom is 0.395 e. The van der Waals surface area contributed by atoms with Crippen LogP contribution in [0, 0.1) is 0 Å². The molecule has 0 saturated carbocycles. The highest BCUT2D eigenvalue weighted by molar-refractivity contribution is 5.75. The van der Waals surface area contributed by atoms with Crippen LogP contribution in [0.2, 0.25) is 0 Å². The summed E-state index contributed by atoms with van der Waals surface area (Å²) in [5.41, 5.74) is -2.09. The van der Waals surface area contributed by atoms with Gasteiger partial charge in [-0.1, -0.05) is 12.2 Å². The predicted molar refractivity (Wildman–Crippen MR) is 60.3 cm³/mol. The SMILES string of the molecule is C=CCC(O)[N+](C)(C)C(O)(CC=C)C(=O)O. The molecular formula is C11H20NO4+. The van der Waals surface area contributed by atoms with Crippen molar-refractivity contribution in [1.82, 2.24) is 0 Å². The second-order valence-electron chi connectivity index (χ2n) is 4.16. The van der Waals surface area contributed by atoms with E-state index >= 15 is 0 Å². The molecule has 0 aliphatic carbocycles. The Kier molecular flexibility index (Phi) is 4.86. The van der Waals surface area contributed by atoms with Gasteiger partial charge in [-0.3, -0.25) is 4.48 Å². The highest BCUT2D eigenvalue weighted by atomic mass is 16.4. The van der Waals surface area contributed by atoms with Gasteiger partial charge in [-0.15, -0.1) is 13.2 Å². The Hall–Kier alpha value is -1.17. The highest BCUT2D eigenvalue weighted by Crippen LogP contribution is 2.27. The van der Waals surface area contributed by atoms with E-state index in [1.165, 1.54) is 26.2 Å². The van der Waals surface area contributed by atoms with E-state index in [-0.39, 0.29) is 12.8 Å². The van der Waals surface area contributed by atoms with Gasteiger partial charge in [0, 0.05) is 6.42 Å². The standard InChI is InChI=1S/C11H19NO4/c1-5-7-9(13)12(3,4)11(16,8-6-2)10(14)15/h5-6,9,13,16H,1-2,7-8H2,3-4H3/p+1. The van der Waals surface area contributed by atoms with Crippen LogP contribution in [0.4, 0.5) is 0 Å². The van der Waals surface area contributed by atoms with Crippen molar-refractivity contribution in [2.24, 2.45) is 0 Å². The first-order chi connectivity index (χ1) is 7.24. The lowest BCUT2D eigenvalue weighted by Gasteiger charge is -2.44. The van der Waals surface area contributed by atoms with Gasteiger partial charge >= 0.3 is 11.7 Å². The van der Waals surface area contributed by atoms with E-state index in [1.807, 2.05) is 0 Å². The molecule has 0 aromatic rings. The Morgan fingerprint density at radius 2 is 1.94 bits per heavy atom. The van der Waals surface area contributed by atoms with Crippen molar-refractivity contribution in [3.8, 4) is 0 Å². The highest BCUT2D eigenvalue weighted by Gasteiger charge is 2.53. The topological polar surface area (TPSA) is 77.8 Å². The van der Waals surface area contributed by atoms with Crippen LogP contribution in [-0.2, 0) is 4.79 Å². The van der Waals surface area contributed by atoms with E-state index in [4.69, 9.17) is 5.11 Å². The van der Waals surface area contributed by atoms with Crippen LogP contribution in [0.1, 0.15) is 12.8 Å². The van der Waals surface area contributed by atoms with Gasteiger partial charge in [0.05, 0.1) is 20.5 Å². The Bertz CT molecular complexity index is 288. The molecule has 2 unspecified atom stereocenters. The summed E-state index contributed by atoms with van der Waals surface area (Å²) in [6, 6.07) is 0. The lowest BCUT2D eigenvalue weighted by Crippen LogP contribution is -2.68. The third kappa shape index (κ3) is 2.49. The Balaban J connectivity index is 5.25. The maximum absolute atomic E-state index is 11.1. The van der Waals surface area contributed by atoms with E-state index in [0.29, 0.717) is 0 Å². The van der Waals surface area contributed by atoms with Crippen LogP contribution in [0.3, 0.4) is 0 Å². The molecule has 16 heavy (non-hydrogen) atoms. The van der Waals surface area contributed by atoms with E-state index in [1.54, 1.807) is 0 Å². The number of hydrogen-bond donors (Lipinski definition) is 3. The molecule has 5 nitrogen and oxygen atoms in total. The summed E-state index contributed by atoms with van der Waals surface area (Å²) in [6.07, 6.45) is 1.79. The normalized spacial score (nSPS) is 17.2. The molecule has 0 aromatic heterocycles. The molecule has 2 atom stereocenters. The first-order valence-electron chi connectivity index (χ1n) is 4.93. The molecule has 0 radical (unpaired) electrons. The van der Waals surface area contributed by atoms with Crippen molar-refractivity contribution in [3.05, 3.63) is 25.3 Å². The number of quaternary nitrogens is 1.